The van der Waals surface area contributed by atoms with E-state index in [1.54, 1.807) is 11.3 Å². The molecule has 0 saturated heterocycles. The maximum absolute atomic E-state index is 5.87. The van der Waals surface area contributed by atoms with Crippen molar-refractivity contribution in [2.24, 2.45) is 5.41 Å². The molecule has 3 heteroatoms. The van der Waals surface area contributed by atoms with Crippen LogP contribution in [0.2, 0.25) is 0 Å². The van der Waals surface area contributed by atoms with Crippen molar-refractivity contribution in [3.8, 4) is 0 Å². The van der Waals surface area contributed by atoms with Gasteiger partial charge in [-0.25, -0.2) is 0 Å². The topological polar surface area (TPSA) is 9.23 Å². The molecule has 90 valence electrons. The van der Waals surface area contributed by atoms with Crippen LogP contribution in [-0.2, 0) is 11.3 Å². The smallest absolute Gasteiger partial charge is 0.0809 e. The monoisotopic (exact) mass is 256 g/mol. The molecule has 1 aromatic heterocycles. The zero-order valence-corrected chi connectivity index (χ0v) is 11.4. The maximum atomic E-state index is 5.87. The van der Waals surface area contributed by atoms with Gasteiger partial charge in [0.1, 0.15) is 0 Å². The number of hydrogen-bond donors (Lipinski definition) is 1. The number of rotatable bonds is 5. The van der Waals surface area contributed by atoms with Gasteiger partial charge in [-0.1, -0.05) is 25.3 Å². The second-order valence-corrected chi connectivity index (χ2v) is 6.14. The van der Waals surface area contributed by atoms with Crippen molar-refractivity contribution in [3.05, 3.63) is 22.4 Å². The molecule has 0 bridgehead atoms. The second kappa shape index (κ2) is 6.08. The summed E-state index contributed by atoms with van der Waals surface area (Å²) in [6, 6.07) is 4.22. The first kappa shape index (κ1) is 12.5. The SMILES string of the molecule is SCC1(COCc2cccs2)CCCCC1. The molecule has 1 aliphatic carbocycles. The molecule has 1 saturated carbocycles. The summed E-state index contributed by atoms with van der Waals surface area (Å²) in [5.74, 6) is 0.970. The molecule has 1 heterocycles. The molecule has 0 radical (unpaired) electrons. The van der Waals surface area contributed by atoms with Gasteiger partial charge in [-0.15, -0.1) is 11.3 Å². The van der Waals surface area contributed by atoms with Gasteiger partial charge in [0.25, 0.3) is 0 Å². The Balaban J connectivity index is 1.78. The summed E-state index contributed by atoms with van der Waals surface area (Å²) in [6.45, 7) is 1.65. The van der Waals surface area contributed by atoms with E-state index in [1.807, 2.05) is 0 Å². The minimum atomic E-state index is 0.360. The lowest BCUT2D eigenvalue weighted by atomic mass is 9.76. The lowest BCUT2D eigenvalue weighted by Crippen LogP contribution is -2.31. The molecular formula is C13H20OS2. The van der Waals surface area contributed by atoms with Gasteiger partial charge < -0.3 is 4.74 Å². The van der Waals surface area contributed by atoms with Gasteiger partial charge in [0.05, 0.1) is 13.2 Å². The Morgan fingerprint density at radius 2 is 2.12 bits per heavy atom. The largest absolute Gasteiger partial charge is 0.375 e. The van der Waals surface area contributed by atoms with E-state index in [1.165, 1.54) is 37.0 Å². The Morgan fingerprint density at radius 1 is 1.31 bits per heavy atom. The number of hydrogen-bond acceptors (Lipinski definition) is 3. The summed E-state index contributed by atoms with van der Waals surface area (Å²) in [5.41, 5.74) is 0.360. The lowest BCUT2D eigenvalue weighted by Gasteiger charge is -2.35. The first-order valence-electron chi connectivity index (χ1n) is 6.06. The standard InChI is InChI=1S/C13H20OS2/c15-11-13(6-2-1-3-7-13)10-14-9-12-5-4-8-16-12/h4-5,8,15H,1-3,6-7,9-11H2. The molecule has 0 spiro atoms. The van der Waals surface area contributed by atoms with Gasteiger partial charge in [0, 0.05) is 10.3 Å². The molecule has 0 aromatic carbocycles. The van der Waals surface area contributed by atoms with E-state index in [2.05, 4.69) is 30.1 Å². The fourth-order valence-electron chi connectivity index (χ4n) is 2.41. The van der Waals surface area contributed by atoms with Crippen LogP contribution >= 0.6 is 24.0 Å². The zero-order valence-electron chi connectivity index (χ0n) is 9.65. The second-order valence-electron chi connectivity index (χ2n) is 4.79. The Morgan fingerprint density at radius 3 is 2.75 bits per heavy atom. The van der Waals surface area contributed by atoms with Gasteiger partial charge >= 0.3 is 0 Å². The molecule has 2 rings (SSSR count). The highest BCUT2D eigenvalue weighted by Gasteiger charge is 2.30. The fourth-order valence-corrected chi connectivity index (χ4v) is 3.46. The van der Waals surface area contributed by atoms with Crippen molar-refractivity contribution in [1.82, 2.24) is 0 Å². The van der Waals surface area contributed by atoms with Crippen LogP contribution < -0.4 is 0 Å². The Kier molecular flexibility index (Phi) is 4.74. The van der Waals surface area contributed by atoms with Crippen molar-refractivity contribution < 1.29 is 4.74 Å². The van der Waals surface area contributed by atoms with Crippen molar-refractivity contribution in [1.29, 1.82) is 0 Å². The van der Waals surface area contributed by atoms with E-state index in [0.29, 0.717) is 5.41 Å². The van der Waals surface area contributed by atoms with E-state index in [0.717, 1.165) is 19.0 Å². The lowest BCUT2D eigenvalue weighted by molar-refractivity contribution is 0.0263. The summed E-state index contributed by atoms with van der Waals surface area (Å²) in [4.78, 5) is 1.32. The van der Waals surface area contributed by atoms with Crippen molar-refractivity contribution >= 4 is 24.0 Å². The number of ether oxygens (including phenoxy) is 1. The van der Waals surface area contributed by atoms with Crippen LogP contribution in [0.4, 0.5) is 0 Å². The van der Waals surface area contributed by atoms with Crippen LogP contribution in [0.15, 0.2) is 17.5 Å². The highest BCUT2D eigenvalue weighted by Crippen LogP contribution is 2.37. The number of thiophene rings is 1. The molecule has 0 unspecified atom stereocenters. The van der Waals surface area contributed by atoms with Crippen molar-refractivity contribution in [2.45, 2.75) is 38.7 Å². The quantitative estimate of drug-likeness (QED) is 0.779. The molecule has 0 amide bonds. The van der Waals surface area contributed by atoms with Crippen LogP contribution in [0.5, 0.6) is 0 Å². The molecule has 1 nitrogen and oxygen atoms in total. The van der Waals surface area contributed by atoms with Crippen LogP contribution in [0.1, 0.15) is 37.0 Å². The summed E-state index contributed by atoms with van der Waals surface area (Å²) in [5, 5.41) is 2.10. The Labute approximate surface area is 108 Å². The third-order valence-corrected chi connectivity index (χ3v) is 5.00. The fraction of sp³-hybridized carbons (Fsp3) is 0.692. The molecule has 0 aliphatic heterocycles. The van der Waals surface area contributed by atoms with E-state index in [-0.39, 0.29) is 0 Å². The van der Waals surface area contributed by atoms with Gasteiger partial charge in [0.2, 0.25) is 0 Å². The van der Waals surface area contributed by atoms with Gasteiger partial charge in [-0.05, 0) is 30.0 Å². The van der Waals surface area contributed by atoms with E-state index in [4.69, 9.17) is 4.74 Å². The normalized spacial score (nSPS) is 19.8. The van der Waals surface area contributed by atoms with Gasteiger partial charge in [-0.3, -0.25) is 0 Å². The van der Waals surface area contributed by atoms with Crippen LogP contribution in [0, 0.1) is 5.41 Å². The Hall–Kier alpha value is 0.01000. The highest BCUT2D eigenvalue weighted by molar-refractivity contribution is 7.80. The average molecular weight is 256 g/mol. The third-order valence-electron chi connectivity index (χ3n) is 3.48. The van der Waals surface area contributed by atoms with E-state index in [9.17, 15) is 0 Å². The maximum Gasteiger partial charge on any atom is 0.0809 e. The van der Waals surface area contributed by atoms with Gasteiger partial charge in [0.15, 0.2) is 0 Å². The summed E-state index contributed by atoms with van der Waals surface area (Å²) in [6.07, 6.45) is 6.67. The minimum Gasteiger partial charge on any atom is -0.375 e. The molecule has 16 heavy (non-hydrogen) atoms. The minimum absolute atomic E-state index is 0.360. The highest BCUT2D eigenvalue weighted by atomic mass is 32.1. The average Bonchev–Trinajstić information content (AvgIpc) is 2.83. The van der Waals surface area contributed by atoms with Crippen LogP contribution in [0.25, 0.3) is 0 Å². The molecule has 0 N–H and O–H groups in total. The summed E-state index contributed by atoms with van der Waals surface area (Å²) >= 11 is 6.29. The predicted molar refractivity (Wildman–Crippen MR) is 73.3 cm³/mol. The summed E-state index contributed by atoms with van der Waals surface area (Å²) < 4.78 is 5.87. The van der Waals surface area contributed by atoms with E-state index >= 15 is 0 Å². The predicted octanol–water partition coefficient (Wildman–Crippen LogP) is 4.15. The molecule has 1 aliphatic rings. The number of thiol groups is 1. The summed E-state index contributed by atoms with van der Waals surface area (Å²) in [7, 11) is 0. The molecular weight excluding hydrogens is 236 g/mol. The van der Waals surface area contributed by atoms with Crippen molar-refractivity contribution in [2.75, 3.05) is 12.4 Å². The molecule has 0 atom stereocenters. The Bertz CT molecular complexity index is 289. The molecule has 1 aromatic rings. The van der Waals surface area contributed by atoms with Crippen molar-refractivity contribution in [3.63, 3.8) is 0 Å². The third kappa shape index (κ3) is 3.25. The van der Waals surface area contributed by atoms with E-state index < -0.39 is 0 Å². The first-order valence-corrected chi connectivity index (χ1v) is 7.57. The van der Waals surface area contributed by atoms with Crippen LogP contribution in [0.3, 0.4) is 0 Å². The van der Waals surface area contributed by atoms with Crippen LogP contribution in [-0.4, -0.2) is 12.4 Å². The molecule has 1 fully saturated rings. The first-order chi connectivity index (χ1) is 7.85. The van der Waals surface area contributed by atoms with Gasteiger partial charge in [-0.2, -0.15) is 12.6 Å². The zero-order chi connectivity index (χ0) is 11.3.